The number of esters is 3. The zero-order valence-corrected chi connectivity index (χ0v) is 15.5. The van der Waals surface area contributed by atoms with Crippen LogP contribution >= 0.6 is 0 Å². The number of rotatable bonds is 6. The van der Waals surface area contributed by atoms with Crippen LogP contribution in [-0.2, 0) is 23.7 Å². The van der Waals surface area contributed by atoms with Crippen LogP contribution in [0.15, 0.2) is 60.7 Å². The lowest BCUT2D eigenvalue weighted by atomic mass is 10.1. The van der Waals surface area contributed by atoms with E-state index in [-0.39, 0.29) is 5.56 Å². The Morgan fingerprint density at radius 1 is 0.897 bits per heavy atom. The molecule has 0 aromatic heterocycles. The highest BCUT2D eigenvalue weighted by atomic mass is 19.1. The first-order chi connectivity index (χ1) is 14.0. The minimum absolute atomic E-state index is 0.218. The summed E-state index contributed by atoms with van der Waals surface area (Å²) in [6, 6.07) is 16.2. The van der Waals surface area contributed by atoms with Crippen molar-refractivity contribution in [3.05, 3.63) is 71.8 Å². The molecule has 29 heavy (non-hydrogen) atoms. The highest BCUT2D eigenvalue weighted by Gasteiger charge is 2.50. The molecule has 0 spiro atoms. The van der Waals surface area contributed by atoms with Crippen molar-refractivity contribution in [3.63, 3.8) is 0 Å². The van der Waals surface area contributed by atoms with Gasteiger partial charge in [0.25, 0.3) is 0 Å². The molecule has 1 aliphatic rings. The first kappa shape index (κ1) is 20.5. The van der Waals surface area contributed by atoms with Crippen molar-refractivity contribution < 1.29 is 37.7 Å². The molecule has 0 bridgehead atoms. The molecular formula is C21H19FO7. The predicted molar refractivity (Wildman–Crippen MR) is 97.7 cm³/mol. The van der Waals surface area contributed by atoms with Crippen molar-refractivity contribution in [2.75, 3.05) is 6.61 Å². The van der Waals surface area contributed by atoms with Crippen molar-refractivity contribution >= 4 is 17.9 Å². The summed E-state index contributed by atoms with van der Waals surface area (Å²) in [5.74, 6) is -2.17. The summed E-state index contributed by atoms with van der Waals surface area (Å²) >= 11 is 0. The van der Waals surface area contributed by atoms with Crippen LogP contribution in [0.4, 0.5) is 4.39 Å². The molecule has 3 rings (SSSR count). The fraction of sp³-hybridized carbons (Fsp3) is 0.286. The van der Waals surface area contributed by atoms with Crippen molar-refractivity contribution in [2.45, 2.75) is 31.6 Å². The first-order valence-corrected chi connectivity index (χ1v) is 8.90. The van der Waals surface area contributed by atoms with E-state index in [1.165, 1.54) is 12.1 Å². The normalized spacial score (nSPS) is 23.2. The number of carbonyl (C=O) groups is 3. The fourth-order valence-corrected chi connectivity index (χ4v) is 2.80. The van der Waals surface area contributed by atoms with Gasteiger partial charge >= 0.3 is 17.9 Å². The average molecular weight is 402 g/mol. The van der Waals surface area contributed by atoms with Crippen molar-refractivity contribution in [1.82, 2.24) is 0 Å². The number of hydrogen-bond donors (Lipinski definition) is 0. The molecular weight excluding hydrogens is 383 g/mol. The molecule has 0 radical (unpaired) electrons. The third-order valence-corrected chi connectivity index (χ3v) is 4.17. The summed E-state index contributed by atoms with van der Waals surface area (Å²) in [7, 11) is 0. The van der Waals surface area contributed by atoms with Gasteiger partial charge in [-0.05, 0) is 24.3 Å². The standard InChI is InChI=1S/C21H19FO7/c1-13(23)27-21-17(22)18(29-20(25)15-10-6-3-7-11-15)16(28-21)12-26-19(24)14-8-4-2-5-9-14/h2-11,16-18,21H,12H2,1H3/t16-,17-,18-,21+/m1/s1. The largest absolute Gasteiger partial charge is 0.459 e. The summed E-state index contributed by atoms with van der Waals surface area (Å²) in [4.78, 5) is 35.6. The monoisotopic (exact) mass is 402 g/mol. The van der Waals surface area contributed by atoms with Crippen LogP contribution in [0.1, 0.15) is 27.6 Å². The lowest BCUT2D eigenvalue weighted by Crippen LogP contribution is -2.37. The molecule has 1 aliphatic heterocycles. The van der Waals surface area contributed by atoms with E-state index in [0.29, 0.717) is 5.56 Å². The Hall–Kier alpha value is -3.26. The quantitative estimate of drug-likeness (QED) is 0.542. The maximum absolute atomic E-state index is 14.8. The molecule has 152 valence electrons. The number of hydrogen-bond acceptors (Lipinski definition) is 7. The van der Waals surface area contributed by atoms with Gasteiger partial charge in [0, 0.05) is 6.92 Å². The molecule has 0 N–H and O–H groups in total. The van der Waals surface area contributed by atoms with Gasteiger partial charge in [0.2, 0.25) is 12.5 Å². The van der Waals surface area contributed by atoms with Crippen LogP contribution in [-0.4, -0.2) is 49.2 Å². The average Bonchev–Trinajstić information content (AvgIpc) is 3.01. The third-order valence-electron chi connectivity index (χ3n) is 4.17. The maximum atomic E-state index is 14.8. The van der Waals surface area contributed by atoms with Crippen LogP contribution in [0.5, 0.6) is 0 Å². The molecule has 8 heteroatoms. The van der Waals surface area contributed by atoms with E-state index < -0.39 is 49.2 Å². The molecule has 2 aromatic rings. The zero-order valence-electron chi connectivity index (χ0n) is 15.5. The van der Waals surface area contributed by atoms with E-state index >= 15 is 0 Å². The van der Waals surface area contributed by atoms with Crippen molar-refractivity contribution in [3.8, 4) is 0 Å². The molecule has 7 nitrogen and oxygen atoms in total. The van der Waals surface area contributed by atoms with E-state index in [1.54, 1.807) is 48.5 Å². The van der Waals surface area contributed by atoms with Crippen LogP contribution in [0, 0.1) is 0 Å². The van der Waals surface area contributed by atoms with Crippen molar-refractivity contribution in [2.24, 2.45) is 0 Å². The lowest BCUT2D eigenvalue weighted by molar-refractivity contribution is -0.182. The molecule has 0 amide bonds. The molecule has 1 saturated heterocycles. The fourth-order valence-electron chi connectivity index (χ4n) is 2.80. The summed E-state index contributed by atoms with van der Waals surface area (Å²) in [5.41, 5.74) is 0.521. The minimum Gasteiger partial charge on any atom is -0.459 e. The van der Waals surface area contributed by atoms with Crippen LogP contribution in [0.25, 0.3) is 0 Å². The lowest BCUT2D eigenvalue weighted by Gasteiger charge is -2.19. The van der Waals surface area contributed by atoms with E-state index in [1.807, 2.05) is 0 Å². The van der Waals surface area contributed by atoms with Gasteiger partial charge in [0.15, 0.2) is 6.10 Å². The van der Waals surface area contributed by atoms with Gasteiger partial charge < -0.3 is 18.9 Å². The molecule has 1 heterocycles. The topological polar surface area (TPSA) is 88.1 Å². The maximum Gasteiger partial charge on any atom is 0.338 e. The second-order valence-electron chi connectivity index (χ2n) is 6.30. The Labute approximate surface area is 166 Å². The van der Waals surface area contributed by atoms with Crippen molar-refractivity contribution in [1.29, 1.82) is 0 Å². The number of alkyl halides is 1. The number of ether oxygens (including phenoxy) is 4. The Balaban J connectivity index is 1.70. The Morgan fingerprint density at radius 3 is 2.00 bits per heavy atom. The number of halogens is 1. The second-order valence-corrected chi connectivity index (χ2v) is 6.30. The van der Waals surface area contributed by atoms with Gasteiger partial charge in [-0.2, -0.15) is 0 Å². The van der Waals surface area contributed by atoms with Crippen LogP contribution in [0.2, 0.25) is 0 Å². The molecule has 0 aliphatic carbocycles. The van der Waals surface area contributed by atoms with E-state index in [0.717, 1.165) is 6.92 Å². The van der Waals surface area contributed by atoms with Gasteiger partial charge in [-0.15, -0.1) is 0 Å². The Morgan fingerprint density at radius 2 is 1.45 bits per heavy atom. The summed E-state index contributed by atoms with van der Waals surface area (Å²) < 4.78 is 35.3. The molecule has 0 saturated carbocycles. The van der Waals surface area contributed by atoms with Crippen LogP contribution < -0.4 is 0 Å². The van der Waals surface area contributed by atoms with Gasteiger partial charge in [0.1, 0.15) is 12.7 Å². The van der Waals surface area contributed by atoms with Gasteiger partial charge in [-0.25, -0.2) is 14.0 Å². The summed E-state index contributed by atoms with van der Waals surface area (Å²) in [5, 5.41) is 0. The predicted octanol–water partition coefficient (Wildman–Crippen LogP) is 2.70. The Bertz CT molecular complexity index is 856. The SMILES string of the molecule is CC(=O)O[C@H]1O[C@H](COC(=O)c2ccccc2)[C@@H](OC(=O)c2ccccc2)[C@H]1F. The van der Waals surface area contributed by atoms with E-state index in [4.69, 9.17) is 18.9 Å². The second kappa shape index (κ2) is 9.29. The smallest absolute Gasteiger partial charge is 0.338 e. The highest BCUT2D eigenvalue weighted by Crippen LogP contribution is 2.29. The van der Waals surface area contributed by atoms with E-state index in [2.05, 4.69) is 0 Å². The van der Waals surface area contributed by atoms with Gasteiger partial charge in [-0.3, -0.25) is 4.79 Å². The molecule has 1 fully saturated rings. The van der Waals surface area contributed by atoms with Gasteiger partial charge in [-0.1, -0.05) is 36.4 Å². The molecule has 4 atom stereocenters. The van der Waals surface area contributed by atoms with E-state index in [9.17, 15) is 18.8 Å². The summed E-state index contributed by atoms with van der Waals surface area (Å²) in [6.45, 7) is 0.711. The molecule has 2 aromatic carbocycles. The van der Waals surface area contributed by atoms with Crippen LogP contribution in [0.3, 0.4) is 0 Å². The highest BCUT2D eigenvalue weighted by molar-refractivity contribution is 5.90. The Kier molecular flexibility index (Phi) is 6.56. The third kappa shape index (κ3) is 5.17. The minimum atomic E-state index is -1.94. The first-order valence-electron chi connectivity index (χ1n) is 8.90. The zero-order chi connectivity index (χ0) is 20.8. The number of benzene rings is 2. The summed E-state index contributed by atoms with van der Waals surface area (Å²) in [6.07, 6.45) is -6.07. The molecule has 0 unspecified atom stereocenters. The number of carbonyl (C=O) groups excluding carboxylic acids is 3. The van der Waals surface area contributed by atoms with Gasteiger partial charge in [0.05, 0.1) is 11.1 Å².